The van der Waals surface area contributed by atoms with Gasteiger partial charge in [-0.05, 0) is 50.5 Å². The molecule has 1 fully saturated rings. The molecular weight excluding hydrogens is 378 g/mol. The number of nitrogens with zero attached hydrogens (tertiary/aromatic N) is 2. The predicted molar refractivity (Wildman–Crippen MR) is 106 cm³/mol. The number of anilines is 1. The molecule has 0 spiro atoms. The molecule has 1 aromatic heterocycles. The highest BCUT2D eigenvalue weighted by Crippen LogP contribution is 2.25. The molecule has 1 aliphatic heterocycles. The van der Waals surface area contributed by atoms with E-state index < -0.39 is 10.0 Å². The largest absolute Gasteiger partial charge is 0.310 e. The molecule has 1 aliphatic rings. The molecule has 1 N–H and O–H groups in total. The topological polar surface area (TPSA) is 96.4 Å². The van der Waals surface area contributed by atoms with Crippen LogP contribution in [0, 0.1) is 12.8 Å². The van der Waals surface area contributed by atoms with Crippen LogP contribution in [-0.2, 0) is 14.8 Å². The van der Waals surface area contributed by atoms with E-state index in [4.69, 9.17) is 0 Å². The standard InChI is InChI=1S/C20H23N3O4S/c1-14-3-8-19(21-13-14)22-20(25)17-9-11-23(12-10-17)28(26,27)18-6-4-16(5-7-18)15(2)24/h3-8,13,17H,9-12H2,1-2H3,(H,21,22,25). The van der Waals surface area contributed by atoms with Crippen molar-refractivity contribution in [3.8, 4) is 0 Å². The Morgan fingerprint density at radius 2 is 1.71 bits per heavy atom. The molecule has 0 unspecified atom stereocenters. The number of pyridine rings is 1. The second kappa shape index (κ2) is 8.20. The number of aryl methyl sites for hydroxylation is 1. The molecule has 1 amide bonds. The van der Waals surface area contributed by atoms with Gasteiger partial charge in [0.15, 0.2) is 5.78 Å². The molecule has 7 nitrogen and oxygen atoms in total. The van der Waals surface area contributed by atoms with Crippen LogP contribution in [0.1, 0.15) is 35.7 Å². The number of ketones is 1. The Hall–Kier alpha value is -2.58. The van der Waals surface area contributed by atoms with Crippen LogP contribution in [0.4, 0.5) is 5.82 Å². The Labute approximate surface area is 164 Å². The number of carbonyl (C=O) groups excluding carboxylic acids is 2. The van der Waals surface area contributed by atoms with Crippen molar-refractivity contribution in [3.05, 3.63) is 53.7 Å². The Balaban J connectivity index is 1.61. The van der Waals surface area contributed by atoms with Gasteiger partial charge in [-0.1, -0.05) is 18.2 Å². The van der Waals surface area contributed by atoms with Crippen LogP contribution in [-0.4, -0.2) is 42.5 Å². The van der Waals surface area contributed by atoms with E-state index in [1.54, 1.807) is 12.3 Å². The molecule has 8 heteroatoms. The maximum Gasteiger partial charge on any atom is 0.243 e. The van der Waals surface area contributed by atoms with Gasteiger partial charge in [-0.2, -0.15) is 4.31 Å². The van der Waals surface area contributed by atoms with E-state index in [0.717, 1.165) is 5.56 Å². The zero-order valence-corrected chi connectivity index (χ0v) is 16.7. The van der Waals surface area contributed by atoms with E-state index in [9.17, 15) is 18.0 Å². The number of hydrogen-bond acceptors (Lipinski definition) is 5. The van der Waals surface area contributed by atoms with Gasteiger partial charge in [0.05, 0.1) is 4.90 Å². The summed E-state index contributed by atoms with van der Waals surface area (Å²) in [6, 6.07) is 9.56. The predicted octanol–water partition coefficient (Wildman–Crippen LogP) is 2.63. The van der Waals surface area contributed by atoms with Gasteiger partial charge in [0.25, 0.3) is 0 Å². The molecule has 0 radical (unpaired) electrons. The molecule has 0 saturated carbocycles. The first-order valence-corrected chi connectivity index (χ1v) is 10.6. The highest BCUT2D eigenvalue weighted by atomic mass is 32.2. The van der Waals surface area contributed by atoms with E-state index in [2.05, 4.69) is 10.3 Å². The number of benzene rings is 1. The summed E-state index contributed by atoms with van der Waals surface area (Å²) in [6.07, 6.45) is 2.58. The second-order valence-electron chi connectivity index (χ2n) is 6.97. The fraction of sp³-hybridized carbons (Fsp3) is 0.350. The van der Waals surface area contributed by atoms with Gasteiger partial charge in [-0.3, -0.25) is 9.59 Å². The highest BCUT2D eigenvalue weighted by molar-refractivity contribution is 7.89. The van der Waals surface area contributed by atoms with Gasteiger partial charge < -0.3 is 5.32 Å². The zero-order chi connectivity index (χ0) is 20.3. The molecule has 1 aromatic carbocycles. The van der Waals surface area contributed by atoms with Crippen molar-refractivity contribution in [1.29, 1.82) is 0 Å². The first-order chi connectivity index (χ1) is 13.3. The normalized spacial score (nSPS) is 15.9. The van der Waals surface area contributed by atoms with Crippen molar-refractivity contribution in [2.75, 3.05) is 18.4 Å². The average molecular weight is 401 g/mol. The van der Waals surface area contributed by atoms with Crippen LogP contribution in [0.15, 0.2) is 47.5 Å². The molecule has 3 rings (SSSR count). The lowest BCUT2D eigenvalue weighted by molar-refractivity contribution is -0.120. The van der Waals surface area contributed by atoms with Crippen molar-refractivity contribution in [2.45, 2.75) is 31.6 Å². The first kappa shape index (κ1) is 20.2. The van der Waals surface area contributed by atoms with E-state index in [1.165, 1.54) is 35.5 Å². The van der Waals surface area contributed by atoms with Gasteiger partial charge in [-0.25, -0.2) is 13.4 Å². The Bertz CT molecular complexity index is 962. The summed E-state index contributed by atoms with van der Waals surface area (Å²) in [7, 11) is -3.64. The first-order valence-electron chi connectivity index (χ1n) is 9.12. The van der Waals surface area contributed by atoms with E-state index >= 15 is 0 Å². The second-order valence-corrected chi connectivity index (χ2v) is 8.91. The van der Waals surface area contributed by atoms with Crippen LogP contribution < -0.4 is 5.32 Å². The van der Waals surface area contributed by atoms with Crippen molar-refractivity contribution in [2.24, 2.45) is 5.92 Å². The lowest BCUT2D eigenvalue weighted by Gasteiger charge is -2.30. The van der Waals surface area contributed by atoms with Crippen LogP contribution in [0.2, 0.25) is 0 Å². The van der Waals surface area contributed by atoms with Crippen molar-refractivity contribution < 1.29 is 18.0 Å². The number of piperidine rings is 1. The van der Waals surface area contributed by atoms with E-state index in [1.807, 2.05) is 13.0 Å². The number of rotatable bonds is 5. The third-order valence-electron chi connectivity index (χ3n) is 4.89. The van der Waals surface area contributed by atoms with E-state index in [-0.39, 0.29) is 35.6 Å². The van der Waals surface area contributed by atoms with Gasteiger partial charge >= 0.3 is 0 Å². The van der Waals surface area contributed by atoms with Gasteiger partial charge in [0.2, 0.25) is 15.9 Å². The minimum atomic E-state index is -3.64. The molecule has 2 aromatic rings. The number of Topliss-reactive ketones (excluding diaryl/α,β-unsaturated/α-hetero) is 1. The average Bonchev–Trinajstić information content (AvgIpc) is 2.70. The van der Waals surface area contributed by atoms with Crippen LogP contribution in [0.5, 0.6) is 0 Å². The molecule has 148 valence electrons. The quantitative estimate of drug-likeness (QED) is 0.777. The van der Waals surface area contributed by atoms with E-state index in [0.29, 0.717) is 24.2 Å². The van der Waals surface area contributed by atoms with Crippen molar-refractivity contribution in [3.63, 3.8) is 0 Å². The number of sulfonamides is 1. The summed E-state index contributed by atoms with van der Waals surface area (Å²) in [5, 5.41) is 2.79. The Morgan fingerprint density at radius 1 is 1.07 bits per heavy atom. The van der Waals surface area contributed by atoms with Gasteiger partial charge in [0, 0.05) is 30.8 Å². The summed E-state index contributed by atoms with van der Waals surface area (Å²) >= 11 is 0. The number of carbonyl (C=O) groups is 2. The lowest BCUT2D eigenvalue weighted by atomic mass is 9.97. The van der Waals surface area contributed by atoms with Crippen LogP contribution >= 0.6 is 0 Å². The fourth-order valence-electron chi connectivity index (χ4n) is 3.14. The van der Waals surface area contributed by atoms with Gasteiger partial charge in [-0.15, -0.1) is 0 Å². The smallest absolute Gasteiger partial charge is 0.243 e. The summed E-state index contributed by atoms with van der Waals surface area (Å²) < 4.78 is 27.0. The SMILES string of the molecule is CC(=O)c1ccc(S(=O)(=O)N2CCC(C(=O)Nc3ccc(C)cn3)CC2)cc1. The van der Waals surface area contributed by atoms with Crippen molar-refractivity contribution in [1.82, 2.24) is 9.29 Å². The molecule has 0 aliphatic carbocycles. The highest BCUT2D eigenvalue weighted by Gasteiger charge is 2.32. The molecule has 2 heterocycles. The fourth-order valence-corrected chi connectivity index (χ4v) is 4.61. The third-order valence-corrected chi connectivity index (χ3v) is 6.80. The minimum absolute atomic E-state index is 0.112. The maximum atomic E-state index is 12.8. The van der Waals surface area contributed by atoms with Crippen molar-refractivity contribution >= 4 is 27.5 Å². The number of nitrogens with one attached hydrogen (secondary N) is 1. The number of amides is 1. The summed E-state index contributed by atoms with van der Waals surface area (Å²) in [4.78, 5) is 28.1. The molecule has 28 heavy (non-hydrogen) atoms. The van der Waals surface area contributed by atoms with Crippen LogP contribution in [0.25, 0.3) is 0 Å². The molecular formula is C20H23N3O4S. The molecule has 1 saturated heterocycles. The summed E-state index contributed by atoms with van der Waals surface area (Å²) in [5.74, 6) is -0.0103. The monoisotopic (exact) mass is 401 g/mol. The summed E-state index contributed by atoms with van der Waals surface area (Å²) in [6.45, 7) is 3.90. The summed E-state index contributed by atoms with van der Waals surface area (Å²) in [5.41, 5.74) is 1.48. The number of hydrogen-bond donors (Lipinski definition) is 1. The molecule has 0 atom stereocenters. The zero-order valence-electron chi connectivity index (χ0n) is 15.9. The number of aromatic nitrogens is 1. The van der Waals surface area contributed by atoms with Crippen LogP contribution in [0.3, 0.4) is 0 Å². The third kappa shape index (κ3) is 4.45. The van der Waals surface area contributed by atoms with Gasteiger partial charge in [0.1, 0.15) is 5.82 Å². The minimum Gasteiger partial charge on any atom is -0.310 e. The molecule has 0 bridgehead atoms. The Morgan fingerprint density at radius 3 is 2.25 bits per heavy atom. The maximum absolute atomic E-state index is 12.8. The Kier molecular flexibility index (Phi) is 5.90. The lowest BCUT2D eigenvalue weighted by Crippen LogP contribution is -2.41.